The van der Waals surface area contributed by atoms with Crippen LogP contribution in [0.15, 0.2) is 15.6 Å². The maximum Gasteiger partial charge on any atom is 0.210 e. The van der Waals surface area contributed by atoms with E-state index in [1.807, 2.05) is 0 Å². The summed E-state index contributed by atoms with van der Waals surface area (Å²) >= 11 is 5.39. The Hall–Kier alpha value is 0.140. The number of hydrogen-bond donors (Lipinski definition) is 0. The van der Waals surface area contributed by atoms with Gasteiger partial charge in [-0.05, 0) is 30.9 Å². The molecule has 16 heavy (non-hydrogen) atoms. The van der Waals surface area contributed by atoms with Gasteiger partial charge in [-0.1, -0.05) is 0 Å². The predicted octanol–water partition coefficient (Wildman–Crippen LogP) is 3.12. The molecule has 0 N–H and O–H groups in total. The van der Waals surface area contributed by atoms with E-state index in [-0.39, 0.29) is 18.1 Å². The van der Waals surface area contributed by atoms with Crippen LogP contribution >= 0.6 is 46.1 Å². The summed E-state index contributed by atoms with van der Waals surface area (Å²) in [5.41, 5.74) is 0.290. The van der Waals surface area contributed by atoms with Crippen molar-refractivity contribution in [1.29, 1.82) is 0 Å². The van der Waals surface area contributed by atoms with Crippen LogP contribution in [-0.4, -0.2) is 31.6 Å². The summed E-state index contributed by atoms with van der Waals surface area (Å²) in [4.78, 5) is 16.7. The molecule has 88 valence electrons. The highest BCUT2D eigenvalue weighted by Crippen LogP contribution is 2.37. The molecule has 1 rings (SSSR count). The highest BCUT2D eigenvalue weighted by atomic mass is 127. The Morgan fingerprint density at radius 1 is 1.62 bits per heavy atom. The zero-order valence-electron chi connectivity index (χ0n) is 8.62. The molecule has 0 radical (unpaired) electrons. The van der Waals surface area contributed by atoms with Crippen molar-refractivity contribution in [2.75, 3.05) is 20.8 Å². The number of ketones is 1. The average Bonchev–Trinajstić information content (AvgIpc) is 2.28. The zero-order chi connectivity index (χ0) is 12.1. The number of hydrogen-bond acceptors (Lipinski definition) is 5. The van der Waals surface area contributed by atoms with E-state index in [1.165, 1.54) is 23.2 Å². The number of rotatable bonds is 5. The lowest BCUT2D eigenvalue weighted by molar-refractivity contribution is 0.0839. The van der Waals surface area contributed by atoms with Gasteiger partial charge in [0, 0.05) is 28.3 Å². The summed E-state index contributed by atoms with van der Waals surface area (Å²) in [6.45, 7) is -0.00876. The van der Waals surface area contributed by atoms with E-state index in [9.17, 15) is 4.79 Å². The Morgan fingerprint density at radius 2 is 2.31 bits per heavy atom. The number of pyridine rings is 1. The third-order valence-corrected chi connectivity index (χ3v) is 4.03. The molecule has 0 aliphatic heterocycles. The van der Waals surface area contributed by atoms with Gasteiger partial charge in [-0.3, -0.25) is 4.79 Å². The van der Waals surface area contributed by atoms with E-state index in [1.54, 1.807) is 6.07 Å². The molecule has 1 aromatic heterocycles. The molecule has 4 nitrogen and oxygen atoms in total. The molecule has 0 spiro atoms. The first-order valence-corrected chi connectivity index (χ1v) is 8.34. The smallest absolute Gasteiger partial charge is 0.210 e. The Morgan fingerprint density at radius 3 is 2.81 bits per heavy atom. The molecular formula is C9H9BrINO3S. The minimum atomic E-state index is -0.202. The number of carbonyl (C=O) groups excluding carboxylic acids is 1. The molecule has 0 unspecified atom stereocenters. The maximum atomic E-state index is 11.7. The molecule has 0 saturated heterocycles. The lowest BCUT2D eigenvalue weighted by atomic mass is 10.2. The van der Waals surface area contributed by atoms with Crippen LogP contribution in [0.3, 0.4) is 0 Å². The summed E-state index contributed by atoms with van der Waals surface area (Å²) in [5, 5.41) is 0. The standard InChI is InChI=1S/C9H9BrINO3S/c1-14-4-5(13)8-9(15-2)6(16-11)3-7(10)12-8/h3H,4H2,1-2H3. The molecular weight excluding hydrogens is 409 g/mol. The second-order valence-corrected chi connectivity index (χ2v) is 5.49. The van der Waals surface area contributed by atoms with Crippen molar-refractivity contribution in [3.8, 4) is 5.75 Å². The van der Waals surface area contributed by atoms with Gasteiger partial charge >= 0.3 is 0 Å². The molecule has 0 bridgehead atoms. The Labute approximate surface area is 118 Å². The van der Waals surface area contributed by atoms with Gasteiger partial charge in [-0.25, -0.2) is 4.98 Å². The van der Waals surface area contributed by atoms with E-state index in [2.05, 4.69) is 42.1 Å². The molecule has 0 saturated carbocycles. The van der Waals surface area contributed by atoms with E-state index in [0.29, 0.717) is 10.4 Å². The van der Waals surface area contributed by atoms with E-state index < -0.39 is 0 Å². The number of aromatic nitrogens is 1. The number of ether oxygens (including phenoxy) is 2. The van der Waals surface area contributed by atoms with E-state index in [0.717, 1.165) is 4.90 Å². The quantitative estimate of drug-likeness (QED) is 0.418. The van der Waals surface area contributed by atoms with Crippen molar-refractivity contribution in [2.24, 2.45) is 0 Å². The van der Waals surface area contributed by atoms with Gasteiger partial charge in [0.15, 0.2) is 11.4 Å². The fourth-order valence-corrected chi connectivity index (χ4v) is 3.07. The van der Waals surface area contributed by atoms with Gasteiger partial charge in [0.1, 0.15) is 11.2 Å². The Bertz CT molecular complexity index is 403. The van der Waals surface area contributed by atoms with Gasteiger partial charge in [0.2, 0.25) is 5.78 Å². The largest absolute Gasteiger partial charge is 0.493 e. The van der Waals surface area contributed by atoms with Crippen LogP contribution in [0.2, 0.25) is 0 Å². The first-order chi connectivity index (χ1) is 7.63. The predicted molar refractivity (Wildman–Crippen MR) is 74.6 cm³/mol. The Kier molecular flexibility index (Phi) is 6.01. The molecule has 0 amide bonds. The van der Waals surface area contributed by atoms with Crippen LogP contribution in [-0.2, 0) is 4.74 Å². The van der Waals surface area contributed by atoms with Gasteiger partial charge < -0.3 is 9.47 Å². The summed E-state index contributed by atoms with van der Waals surface area (Å²) in [6, 6.07) is 1.81. The number of nitrogens with zero attached hydrogens (tertiary/aromatic N) is 1. The minimum Gasteiger partial charge on any atom is -0.493 e. The lowest BCUT2D eigenvalue weighted by Gasteiger charge is -2.10. The SMILES string of the molecule is COCC(=O)c1nc(Br)cc(SI)c1OC. The fourth-order valence-electron chi connectivity index (χ4n) is 1.12. The number of Topliss-reactive ketones (excluding diaryl/α,β-unsaturated/α-hetero) is 1. The lowest BCUT2D eigenvalue weighted by Crippen LogP contribution is -2.11. The average molecular weight is 418 g/mol. The monoisotopic (exact) mass is 417 g/mol. The first kappa shape index (κ1) is 14.2. The van der Waals surface area contributed by atoms with Crippen molar-refractivity contribution >= 4 is 51.9 Å². The van der Waals surface area contributed by atoms with Gasteiger partial charge in [0.05, 0.1) is 12.0 Å². The second-order valence-electron chi connectivity index (χ2n) is 2.76. The highest BCUT2D eigenvalue weighted by molar-refractivity contribution is 14.2. The summed E-state index contributed by atoms with van der Waals surface area (Å²) in [6.07, 6.45) is 0. The normalized spacial score (nSPS) is 10.2. The van der Waals surface area contributed by atoms with Gasteiger partial charge in [-0.15, -0.1) is 0 Å². The fraction of sp³-hybridized carbons (Fsp3) is 0.333. The van der Waals surface area contributed by atoms with E-state index in [4.69, 9.17) is 9.47 Å². The summed E-state index contributed by atoms with van der Waals surface area (Å²) in [7, 11) is 4.45. The van der Waals surface area contributed by atoms with Crippen LogP contribution in [0, 0.1) is 0 Å². The molecule has 0 aromatic carbocycles. The van der Waals surface area contributed by atoms with Crippen molar-refractivity contribution < 1.29 is 14.3 Å². The Balaban J connectivity index is 3.24. The molecule has 0 aliphatic rings. The van der Waals surface area contributed by atoms with Crippen LogP contribution < -0.4 is 4.74 Å². The van der Waals surface area contributed by atoms with Crippen molar-refractivity contribution in [1.82, 2.24) is 4.98 Å². The third kappa shape index (κ3) is 3.31. The second kappa shape index (κ2) is 6.77. The van der Waals surface area contributed by atoms with Gasteiger partial charge in [0.25, 0.3) is 0 Å². The van der Waals surface area contributed by atoms with Gasteiger partial charge in [-0.2, -0.15) is 0 Å². The van der Waals surface area contributed by atoms with Crippen LogP contribution in [0.25, 0.3) is 0 Å². The summed E-state index contributed by atoms with van der Waals surface area (Å²) in [5.74, 6) is 0.289. The molecule has 0 aliphatic carbocycles. The van der Waals surface area contributed by atoms with Crippen LogP contribution in [0.4, 0.5) is 0 Å². The minimum absolute atomic E-state index is 0.00876. The van der Waals surface area contributed by atoms with Crippen LogP contribution in [0.5, 0.6) is 5.75 Å². The molecule has 0 atom stereocenters. The summed E-state index contributed by atoms with van der Waals surface area (Å²) < 4.78 is 10.6. The number of methoxy groups -OCH3 is 2. The first-order valence-electron chi connectivity index (χ1n) is 4.19. The molecule has 1 heterocycles. The van der Waals surface area contributed by atoms with E-state index >= 15 is 0 Å². The van der Waals surface area contributed by atoms with Crippen LogP contribution in [0.1, 0.15) is 10.5 Å². The van der Waals surface area contributed by atoms with Crippen molar-refractivity contribution in [3.63, 3.8) is 0 Å². The maximum absolute atomic E-state index is 11.7. The third-order valence-electron chi connectivity index (χ3n) is 1.73. The topological polar surface area (TPSA) is 48.4 Å². The molecule has 7 heteroatoms. The van der Waals surface area contributed by atoms with Crippen molar-refractivity contribution in [2.45, 2.75) is 4.90 Å². The molecule has 0 fully saturated rings. The zero-order valence-corrected chi connectivity index (χ0v) is 13.2. The van der Waals surface area contributed by atoms with Crippen molar-refractivity contribution in [3.05, 3.63) is 16.4 Å². The number of carbonyl (C=O) groups is 1. The molecule has 1 aromatic rings. The highest BCUT2D eigenvalue weighted by Gasteiger charge is 2.18. The number of halogens is 2.